The van der Waals surface area contributed by atoms with Crippen molar-refractivity contribution < 1.29 is 4.79 Å². The average Bonchev–Trinajstić information content (AvgIpc) is 2.97. The molecule has 0 aliphatic heterocycles. The molecule has 2 aromatic heterocycles. The summed E-state index contributed by atoms with van der Waals surface area (Å²) < 4.78 is 2.14. The second-order valence-corrected chi connectivity index (χ2v) is 7.19. The van der Waals surface area contributed by atoms with Gasteiger partial charge in [0.15, 0.2) is 0 Å². The van der Waals surface area contributed by atoms with Crippen molar-refractivity contribution in [1.29, 1.82) is 0 Å². The van der Waals surface area contributed by atoms with Gasteiger partial charge in [0.05, 0.1) is 5.56 Å². The summed E-state index contributed by atoms with van der Waals surface area (Å²) in [7, 11) is 0. The topological polar surface area (TPSA) is 46.9 Å². The number of aromatic nitrogens is 2. The Kier molecular flexibility index (Phi) is 5.75. The number of hydrogen-bond acceptors (Lipinski definition) is 2. The van der Waals surface area contributed by atoms with E-state index in [-0.39, 0.29) is 5.91 Å². The Labute approximate surface area is 161 Å². The molecule has 0 unspecified atom stereocenters. The fraction of sp³-hybridized carbons (Fsp3) is 0.304. The minimum atomic E-state index is -0.0379. The number of benzene rings is 1. The Morgan fingerprint density at radius 2 is 1.85 bits per heavy atom. The summed E-state index contributed by atoms with van der Waals surface area (Å²) in [6, 6.07) is 16.3. The lowest BCUT2D eigenvalue weighted by molar-refractivity contribution is 0.0953. The molecule has 0 atom stereocenters. The van der Waals surface area contributed by atoms with Gasteiger partial charge >= 0.3 is 0 Å². The van der Waals surface area contributed by atoms with Gasteiger partial charge < -0.3 is 9.88 Å². The normalized spacial score (nSPS) is 11.0. The second-order valence-electron chi connectivity index (χ2n) is 7.19. The van der Waals surface area contributed by atoms with Crippen LogP contribution in [0.1, 0.15) is 52.8 Å². The summed E-state index contributed by atoms with van der Waals surface area (Å²) >= 11 is 0. The van der Waals surface area contributed by atoms with E-state index in [9.17, 15) is 4.79 Å². The maximum atomic E-state index is 12.7. The number of carbonyl (C=O) groups is 1. The van der Waals surface area contributed by atoms with Gasteiger partial charge in [-0.3, -0.25) is 9.78 Å². The van der Waals surface area contributed by atoms with E-state index in [4.69, 9.17) is 0 Å². The van der Waals surface area contributed by atoms with Gasteiger partial charge in [-0.2, -0.15) is 0 Å². The molecule has 4 heteroatoms. The predicted molar refractivity (Wildman–Crippen MR) is 110 cm³/mol. The van der Waals surface area contributed by atoms with E-state index in [2.05, 4.69) is 53.0 Å². The van der Waals surface area contributed by atoms with Crippen LogP contribution in [0, 0.1) is 13.8 Å². The maximum absolute atomic E-state index is 12.7. The molecule has 1 N–H and O–H groups in total. The minimum Gasteiger partial charge on any atom is -0.352 e. The second kappa shape index (κ2) is 8.21. The van der Waals surface area contributed by atoms with Crippen LogP contribution in [-0.2, 0) is 6.42 Å². The Morgan fingerprint density at radius 3 is 2.48 bits per heavy atom. The van der Waals surface area contributed by atoms with Crippen LogP contribution in [0.2, 0.25) is 0 Å². The van der Waals surface area contributed by atoms with Gasteiger partial charge in [-0.25, -0.2) is 0 Å². The predicted octanol–water partition coefficient (Wildman–Crippen LogP) is 4.59. The molecule has 27 heavy (non-hydrogen) atoms. The Morgan fingerprint density at radius 1 is 1.11 bits per heavy atom. The van der Waals surface area contributed by atoms with Gasteiger partial charge in [0.25, 0.3) is 5.91 Å². The van der Waals surface area contributed by atoms with E-state index in [1.54, 1.807) is 6.20 Å². The van der Waals surface area contributed by atoms with Crippen LogP contribution in [0.3, 0.4) is 0 Å². The SMILES string of the molecule is Cc1cc(C(=O)NCCc2ccccn2)c(C)n1-c1ccc(C(C)C)cc1. The van der Waals surface area contributed by atoms with Crippen LogP contribution in [-0.4, -0.2) is 22.0 Å². The quantitative estimate of drug-likeness (QED) is 0.698. The first kappa shape index (κ1) is 18.9. The first-order valence-corrected chi connectivity index (χ1v) is 9.44. The van der Waals surface area contributed by atoms with Crippen molar-refractivity contribution in [1.82, 2.24) is 14.9 Å². The zero-order valence-electron chi connectivity index (χ0n) is 16.5. The van der Waals surface area contributed by atoms with Crippen LogP contribution in [0.15, 0.2) is 54.7 Å². The molecular weight excluding hydrogens is 334 g/mol. The first-order valence-electron chi connectivity index (χ1n) is 9.44. The highest BCUT2D eigenvalue weighted by molar-refractivity contribution is 5.95. The molecule has 1 aromatic carbocycles. The monoisotopic (exact) mass is 361 g/mol. The van der Waals surface area contributed by atoms with Crippen molar-refractivity contribution in [2.75, 3.05) is 6.54 Å². The van der Waals surface area contributed by atoms with Crippen LogP contribution in [0.4, 0.5) is 0 Å². The van der Waals surface area contributed by atoms with Gasteiger partial charge in [-0.1, -0.05) is 32.0 Å². The molecule has 0 aliphatic carbocycles. The molecule has 3 aromatic rings. The zero-order chi connectivity index (χ0) is 19.4. The van der Waals surface area contributed by atoms with Crippen LogP contribution in [0.25, 0.3) is 5.69 Å². The number of aryl methyl sites for hydroxylation is 1. The fourth-order valence-corrected chi connectivity index (χ4v) is 3.34. The Hall–Kier alpha value is -2.88. The van der Waals surface area contributed by atoms with Crippen molar-refractivity contribution in [2.45, 2.75) is 40.0 Å². The lowest BCUT2D eigenvalue weighted by Gasteiger charge is -2.12. The van der Waals surface area contributed by atoms with Crippen molar-refractivity contribution in [3.63, 3.8) is 0 Å². The van der Waals surface area contributed by atoms with Crippen LogP contribution < -0.4 is 5.32 Å². The van der Waals surface area contributed by atoms with E-state index < -0.39 is 0 Å². The van der Waals surface area contributed by atoms with Crippen molar-refractivity contribution >= 4 is 5.91 Å². The third-order valence-electron chi connectivity index (χ3n) is 4.89. The Bertz CT molecular complexity index is 909. The first-order chi connectivity index (χ1) is 13.0. The number of pyridine rings is 1. The smallest absolute Gasteiger partial charge is 0.253 e. The van der Waals surface area contributed by atoms with E-state index in [1.165, 1.54) is 5.56 Å². The standard InChI is InChI=1S/C23H27N3O/c1-16(2)19-8-10-21(11-9-19)26-17(3)15-22(18(26)4)23(27)25-14-12-20-7-5-6-13-24-20/h5-11,13,15-16H,12,14H2,1-4H3,(H,25,27). The molecule has 3 rings (SSSR count). The number of carbonyl (C=O) groups excluding carboxylic acids is 1. The highest BCUT2D eigenvalue weighted by Crippen LogP contribution is 2.23. The van der Waals surface area contributed by atoms with Crippen molar-refractivity contribution in [3.05, 3.63) is 82.9 Å². The van der Waals surface area contributed by atoms with E-state index >= 15 is 0 Å². The van der Waals surface area contributed by atoms with Gasteiger partial charge in [0, 0.05) is 41.9 Å². The molecule has 0 saturated carbocycles. The number of amides is 1. The molecule has 0 fully saturated rings. The molecule has 4 nitrogen and oxygen atoms in total. The van der Waals surface area contributed by atoms with Gasteiger partial charge in [-0.15, -0.1) is 0 Å². The molecule has 0 saturated heterocycles. The van der Waals surface area contributed by atoms with E-state index in [1.807, 2.05) is 38.1 Å². The van der Waals surface area contributed by atoms with Crippen LogP contribution in [0.5, 0.6) is 0 Å². The third kappa shape index (κ3) is 4.27. The zero-order valence-corrected chi connectivity index (χ0v) is 16.5. The maximum Gasteiger partial charge on any atom is 0.253 e. The van der Waals surface area contributed by atoms with Gasteiger partial charge in [0.2, 0.25) is 0 Å². The largest absolute Gasteiger partial charge is 0.352 e. The average molecular weight is 361 g/mol. The van der Waals surface area contributed by atoms with E-state index in [0.717, 1.165) is 34.8 Å². The molecule has 1 amide bonds. The third-order valence-corrected chi connectivity index (χ3v) is 4.89. The number of rotatable bonds is 6. The van der Waals surface area contributed by atoms with Crippen LogP contribution >= 0.6 is 0 Å². The molecular formula is C23H27N3O. The van der Waals surface area contributed by atoms with Gasteiger partial charge in [-0.05, 0) is 55.7 Å². The molecule has 140 valence electrons. The number of nitrogens with zero attached hydrogens (tertiary/aromatic N) is 2. The van der Waals surface area contributed by atoms with Crippen molar-refractivity contribution in [2.24, 2.45) is 0 Å². The Balaban J connectivity index is 1.73. The summed E-state index contributed by atoms with van der Waals surface area (Å²) in [6.45, 7) is 8.98. The molecule has 0 radical (unpaired) electrons. The van der Waals surface area contributed by atoms with E-state index in [0.29, 0.717) is 12.5 Å². The van der Waals surface area contributed by atoms with Gasteiger partial charge in [0.1, 0.15) is 0 Å². The fourth-order valence-electron chi connectivity index (χ4n) is 3.34. The number of hydrogen-bond donors (Lipinski definition) is 1. The highest BCUT2D eigenvalue weighted by Gasteiger charge is 2.16. The number of nitrogens with one attached hydrogen (secondary N) is 1. The van der Waals surface area contributed by atoms with Crippen molar-refractivity contribution in [3.8, 4) is 5.69 Å². The summed E-state index contributed by atoms with van der Waals surface area (Å²) in [5.74, 6) is 0.468. The lowest BCUT2D eigenvalue weighted by atomic mass is 10.0. The molecule has 2 heterocycles. The molecule has 0 bridgehead atoms. The highest BCUT2D eigenvalue weighted by atomic mass is 16.1. The summed E-state index contributed by atoms with van der Waals surface area (Å²) in [5, 5.41) is 3.01. The summed E-state index contributed by atoms with van der Waals surface area (Å²) in [4.78, 5) is 16.9. The summed E-state index contributed by atoms with van der Waals surface area (Å²) in [5.41, 5.74) is 6.12. The lowest BCUT2D eigenvalue weighted by Crippen LogP contribution is -2.26. The summed E-state index contributed by atoms with van der Waals surface area (Å²) in [6.07, 6.45) is 2.50. The minimum absolute atomic E-state index is 0.0379. The molecule has 0 spiro atoms. The molecule has 0 aliphatic rings.